The molecule has 106 valence electrons. The van der Waals surface area contributed by atoms with Crippen molar-refractivity contribution in [2.45, 2.75) is 44.4 Å². The Balaban J connectivity index is 1.77. The van der Waals surface area contributed by atoms with Crippen molar-refractivity contribution in [1.82, 2.24) is 4.98 Å². The summed E-state index contributed by atoms with van der Waals surface area (Å²) in [6.45, 7) is 4.38. The lowest BCUT2D eigenvalue weighted by molar-refractivity contribution is 0.257. The van der Waals surface area contributed by atoms with Gasteiger partial charge in [-0.2, -0.15) is 0 Å². The smallest absolute Gasteiger partial charge is 0.199 e. The summed E-state index contributed by atoms with van der Waals surface area (Å²) in [6.07, 6.45) is 6.65. The summed E-state index contributed by atoms with van der Waals surface area (Å²) < 4.78 is 18.8. The summed E-state index contributed by atoms with van der Waals surface area (Å²) in [7, 11) is 0. The van der Waals surface area contributed by atoms with E-state index in [2.05, 4.69) is 18.8 Å². The number of halogens is 1. The van der Waals surface area contributed by atoms with Crippen molar-refractivity contribution >= 4 is 0 Å². The fraction of sp³-hybridized carbons (Fsp3) is 0.471. The minimum atomic E-state index is -0.141. The van der Waals surface area contributed by atoms with Gasteiger partial charge in [0.1, 0.15) is 12.1 Å². The van der Waals surface area contributed by atoms with Crippen LogP contribution in [0, 0.1) is 11.7 Å². The van der Waals surface area contributed by atoms with E-state index in [1.54, 1.807) is 24.6 Å². The third-order valence-electron chi connectivity index (χ3n) is 4.76. The van der Waals surface area contributed by atoms with E-state index in [0.29, 0.717) is 11.8 Å². The molecule has 0 aliphatic heterocycles. The van der Waals surface area contributed by atoms with Crippen LogP contribution in [0.1, 0.15) is 50.5 Å². The fourth-order valence-electron chi connectivity index (χ4n) is 3.42. The van der Waals surface area contributed by atoms with E-state index in [4.69, 9.17) is 4.42 Å². The normalized spacial score (nSPS) is 23.1. The van der Waals surface area contributed by atoms with E-state index in [0.717, 1.165) is 30.7 Å². The van der Waals surface area contributed by atoms with Crippen LogP contribution in [0.5, 0.6) is 0 Å². The van der Waals surface area contributed by atoms with Gasteiger partial charge < -0.3 is 4.42 Å². The minimum Gasteiger partial charge on any atom is -0.448 e. The SMILES string of the molecule is CC(C)(c1ncco1)[C@H]1CC[C@@H](c2cccc(F)c2)C1. The predicted octanol–water partition coefficient (Wildman–Crippen LogP) is 4.68. The number of rotatable bonds is 3. The second kappa shape index (κ2) is 5.04. The highest BCUT2D eigenvalue weighted by molar-refractivity contribution is 5.22. The average molecular weight is 273 g/mol. The molecular formula is C17H20FNO. The van der Waals surface area contributed by atoms with Crippen LogP contribution in [0.15, 0.2) is 41.1 Å². The summed E-state index contributed by atoms with van der Waals surface area (Å²) in [6, 6.07) is 7.02. The molecule has 1 heterocycles. The molecule has 20 heavy (non-hydrogen) atoms. The molecule has 2 aromatic rings. The first-order valence-electron chi connectivity index (χ1n) is 7.23. The molecule has 3 heteroatoms. The Hall–Kier alpha value is -1.64. The third-order valence-corrected chi connectivity index (χ3v) is 4.76. The van der Waals surface area contributed by atoms with Crippen LogP contribution in [0.3, 0.4) is 0 Å². The molecule has 0 radical (unpaired) electrons. The number of benzene rings is 1. The molecule has 1 saturated carbocycles. The second-order valence-corrected chi connectivity index (χ2v) is 6.32. The summed E-state index contributed by atoms with van der Waals surface area (Å²) in [4.78, 5) is 4.32. The molecule has 3 rings (SSSR count). The molecule has 1 fully saturated rings. The van der Waals surface area contributed by atoms with E-state index in [-0.39, 0.29) is 11.2 Å². The lowest BCUT2D eigenvalue weighted by atomic mass is 9.77. The van der Waals surface area contributed by atoms with Gasteiger partial charge in [-0.15, -0.1) is 0 Å². The van der Waals surface area contributed by atoms with Gasteiger partial charge >= 0.3 is 0 Å². The van der Waals surface area contributed by atoms with Crippen LogP contribution in [-0.2, 0) is 5.41 Å². The molecule has 2 atom stereocenters. The number of hydrogen-bond acceptors (Lipinski definition) is 2. The Morgan fingerprint density at radius 3 is 2.85 bits per heavy atom. The van der Waals surface area contributed by atoms with Gasteiger partial charge in [0.25, 0.3) is 0 Å². The average Bonchev–Trinajstić information content (AvgIpc) is 3.11. The van der Waals surface area contributed by atoms with Gasteiger partial charge in [0, 0.05) is 5.41 Å². The maximum absolute atomic E-state index is 13.3. The highest BCUT2D eigenvalue weighted by Gasteiger charge is 2.40. The Morgan fingerprint density at radius 1 is 1.30 bits per heavy atom. The first kappa shape index (κ1) is 13.3. The van der Waals surface area contributed by atoms with E-state index < -0.39 is 0 Å². The minimum absolute atomic E-state index is 0.0639. The van der Waals surface area contributed by atoms with Crippen molar-refractivity contribution in [1.29, 1.82) is 0 Å². The lowest BCUT2D eigenvalue weighted by Gasteiger charge is -2.28. The summed E-state index contributed by atoms with van der Waals surface area (Å²) >= 11 is 0. The number of hydrogen-bond donors (Lipinski definition) is 0. The molecule has 0 N–H and O–H groups in total. The van der Waals surface area contributed by atoms with Crippen LogP contribution in [0.2, 0.25) is 0 Å². The first-order valence-corrected chi connectivity index (χ1v) is 7.23. The van der Waals surface area contributed by atoms with Crippen LogP contribution in [0.25, 0.3) is 0 Å². The molecule has 0 unspecified atom stereocenters. The van der Waals surface area contributed by atoms with E-state index in [9.17, 15) is 4.39 Å². The van der Waals surface area contributed by atoms with Crippen LogP contribution >= 0.6 is 0 Å². The van der Waals surface area contributed by atoms with Crippen LogP contribution < -0.4 is 0 Å². The van der Waals surface area contributed by atoms with Gasteiger partial charge in [-0.25, -0.2) is 9.37 Å². The Morgan fingerprint density at radius 2 is 2.15 bits per heavy atom. The van der Waals surface area contributed by atoms with Gasteiger partial charge in [0.15, 0.2) is 5.89 Å². The zero-order chi connectivity index (χ0) is 14.2. The lowest BCUT2D eigenvalue weighted by Crippen LogP contribution is -2.27. The quantitative estimate of drug-likeness (QED) is 0.811. The van der Waals surface area contributed by atoms with Crippen molar-refractivity contribution in [3.8, 4) is 0 Å². The highest BCUT2D eigenvalue weighted by atomic mass is 19.1. The van der Waals surface area contributed by atoms with Gasteiger partial charge in [-0.05, 0) is 48.8 Å². The fourth-order valence-corrected chi connectivity index (χ4v) is 3.42. The van der Waals surface area contributed by atoms with Crippen molar-refractivity contribution < 1.29 is 8.81 Å². The largest absolute Gasteiger partial charge is 0.448 e. The van der Waals surface area contributed by atoms with Gasteiger partial charge in [-0.1, -0.05) is 26.0 Å². The monoisotopic (exact) mass is 273 g/mol. The van der Waals surface area contributed by atoms with Crippen molar-refractivity contribution in [3.05, 3.63) is 54.0 Å². The molecule has 1 aliphatic rings. The molecule has 0 amide bonds. The van der Waals surface area contributed by atoms with E-state index in [1.165, 1.54) is 6.07 Å². The van der Waals surface area contributed by atoms with Crippen molar-refractivity contribution in [3.63, 3.8) is 0 Å². The number of nitrogens with zero attached hydrogens (tertiary/aromatic N) is 1. The van der Waals surface area contributed by atoms with Gasteiger partial charge in [-0.3, -0.25) is 0 Å². The molecule has 1 aliphatic carbocycles. The summed E-state index contributed by atoms with van der Waals surface area (Å²) in [5.74, 6) is 1.64. The number of aromatic nitrogens is 1. The van der Waals surface area contributed by atoms with Crippen molar-refractivity contribution in [2.24, 2.45) is 5.92 Å². The second-order valence-electron chi connectivity index (χ2n) is 6.32. The third kappa shape index (κ3) is 2.37. The topological polar surface area (TPSA) is 26.0 Å². The first-order chi connectivity index (χ1) is 9.57. The predicted molar refractivity (Wildman–Crippen MR) is 76.0 cm³/mol. The molecule has 0 saturated heterocycles. The molecule has 0 bridgehead atoms. The van der Waals surface area contributed by atoms with Gasteiger partial charge in [0.05, 0.1) is 6.20 Å². The summed E-state index contributed by atoms with van der Waals surface area (Å²) in [5, 5.41) is 0. The summed E-state index contributed by atoms with van der Waals surface area (Å²) in [5.41, 5.74) is 1.06. The Labute approximate surface area is 119 Å². The van der Waals surface area contributed by atoms with E-state index in [1.807, 2.05) is 6.07 Å². The maximum Gasteiger partial charge on any atom is 0.199 e. The Bertz CT molecular complexity index is 576. The Kier molecular flexibility index (Phi) is 3.36. The molecule has 1 aromatic heterocycles. The zero-order valence-electron chi connectivity index (χ0n) is 12.0. The van der Waals surface area contributed by atoms with E-state index >= 15 is 0 Å². The zero-order valence-corrected chi connectivity index (χ0v) is 12.0. The van der Waals surface area contributed by atoms with Crippen LogP contribution in [0.4, 0.5) is 4.39 Å². The standard InChI is InChI=1S/C17H20FNO/c1-17(2,16-19-8-9-20-16)14-7-6-13(10-14)12-4-3-5-15(18)11-12/h3-5,8-9,11,13-14H,6-7,10H2,1-2H3/t13-,14+/m1/s1. The molecule has 0 spiro atoms. The number of oxazole rings is 1. The highest BCUT2D eigenvalue weighted by Crippen LogP contribution is 2.47. The van der Waals surface area contributed by atoms with Crippen molar-refractivity contribution in [2.75, 3.05) is 0 Å². The molecule has 1 aromatic carbocycles. The molecular weight excluding hydrogens is 253 g/mol. The maximum atomic E-state index is 13.3. The van der Waals surface area contributed by atoms with Gasteiger partial charge in [0.2, 0.25) is 0 Å². The van der Waals surface area contributed by atoms with Crippen LogP contribution in [-0.4, -0.2) is 4.98 Å². The molecule has 2 nitrogen and oxygen atoms in total.